The van der Waals surface area contributed by atoms with Crippen molar-refractivity contribution in [1.29, 1.82) is 0 Å². The summed E-state index contributed by atoms with van der Waals surface area (Å²) in [6.07, 6.45) is 6.14. The fraction of sp³-hybridized carbons (Fsp3) is 0.778. The number of hydrogen-bond donors (Lipinski definition) is 0. The van der Waals surface area contributed by atoms with E-state index in [0.717, 1.165) is 5.75 Å². The molecular formula is C9H20AuPS. The molecule has 0 aliphatic rings. The molecule has 12 heavy (non-hydrogen) atoms. The van der Waals surface area contributed by atoms with Crippen LogP contribution in [0.15, 0.2) is 12.7 Å². The molecule has 0 heterocycles. The van der Waals surface area contributed by atoms with Crippen molar-refractivity contribution in [2.24, 2.45) is 0 Å². The zero-order valence-electron chi connectivity index (χ0n) is 8.27. The zero-order chi connectivity index (χ0) is 9.82. The standard InChI is InChI=1S/C6H15P.C3H6S.Au/c1-4-7(5-2)6-3;1-2-3-4;/h4-6H2,1-3H3;2,4H,1,3H2;/q;;+1/p-1. The second-order valence-electron chi connectivity index (χ2n) is 2.16. The van der Waals surface area contributed by atoms with Gasteiger partial charge >= 0.3 is 47.4 Å². The van der Waals surface area contributed by atoms with Crippen LogP contribution in [0.1, 0.15) is 20.8 Å². The van der Waals surface area contributed by atoms with Crippen molar-refractivity contribution < 1.29 is 19.7 Å². The number of hydrogen-bond acceptors (Lipinski definition) is 1. The van der Waals surface area contributed by atoms with Crippen LogP contribution in [0, 0.1) is 0 Å². The third-order valence-corrected chi connectivity index (χ3v) is 5.61. The summed E-state index contributed by atoms with van der Waals surface area (Å²) in [5, 5.41) is 0. The van der Waals surface area contributed by atoms with E-state index in [4.69, 9.17) is 0 Å². The Kier molecular flexibility index (Phi) is 19.3. The monoisotopic (exact) mass is 388 g/mol. The van der Waals surface area contributed by atoms with E-state index in [0.29, 0.717) is 7.92 Å². The van der Waals surface area contributed by atoms with Crippen molar-refractivity contribution in [3.63, 3.8) is 0 Å². The molecular weight excluding hydrogens is 368 g/mol. The maximum Gasteiger partial charge on any atom is -0.0355 e. The molecule has 0 aliphatic heterocycles. The average Bonchev–Trinajstić information content (AvgIpc) is 2.10. The second-order valence-corrected chi connectivity index (χ2v) is 7.78. The van der Waals surface area contributed by atoms with E-state index in [-0.39, 0.29) is 0 Å². The Labute approximate surface area is 94.2 Å². The summed E-state index contributed by atoms with van der Waals surface area (Å²) in [5.74, 6) is 1.04. The van der Waals surface area contributed by atoms with Gasteiger partial charge in [-0.1, -0.05) is 20.8 Å². The molecule has 0 bridgehead atoms. The molecule has 78 valence electrons. The van der Waals surface area contributed by atoms with E-state index in [2.05, 4.69) is 47.1 Å². The van der Waals surface area contributed by atoms with Crippen LogP contribution in [0.4, 0.5) is 0 Å². The van der Waals surface area contributed by atoms with Crippen molar-refractivity contribution in [2.45, 2.75) is 20.8 Å². The smallest absolute Gasteiger partial charge is 0.0355 e. The van der Waals surface area contributed by atoms with Gasteiger partial charge in [0, 0.05) is 0 Å². The third-order valence-electron chi connectivity index (χ3n) is 1.51. The van der Waals surface area contributed by atoms with Gasteiger partial charge in [0.2, 0.25) is 0 Å². The van der Waals surface area contributed by atoms with Gasteiger partial charge in [0.05, 0.1) is 0 Å². The van der Waals surface area contributed by atoms with Crippen molar-refractivity contribution >= 4 is 17.1 Å². The second kappa shape index (κ2) is 14.8. The summed E-state index contributed by atoms with van der Waals surface area (Å²) in [6, 6.07) is 0. The van der Waals surface area contributed by atoms with E-state index in [9.17, 15) is 0 Å². The summed E-state index contributed by atoms with van der Waals surface area (Å²) in [6.45, 7) is 10.4. The molecule has 0 aromatic rings. The van der Waals surface area contributed by atoms with E-state index < -0.39 is 0 Å². The Morgan fingerprint density at radius 2 is 1.67 bits per heavy atom. The molecule has 0 radical (unpaired) electrons. The van der Waals surface area contributed by atoms with Crippen LogP contribution in [0.5, 0.6) is 0 Å². The topological polar surface area (TPSA) is 0 Å². The summed E-state index contributed by atoms with van der Waals surface area (Å²) >= 11 is 2.38. The molecule has 0 fully saturated rings. The first-order chi connectivity index (χ1) is 5.76. The van der Waals surface area contributed by atoms with Crippen LogP contribution in [0.25, 0.3) is 0 Å². The average molecular weight is 388 g/mol. The first-order valence-electron chi connectivity index (χ1n) is 4.30. The summed E-state index contributed by atoms with van der Waals surface area (Å²) < 4.78 is 0. The molecule has 0 rings (SSSR count). The molecule has 0 saturated heterocycles. The van der Waals surface area contributed by atoms with Gasteiger partial charge < -0.3 is 0 Å². The predicted molar refractivity (Wildman–Crippen MR) is 61.2 cm³/mol. The van der Waals surface area contributed by atoms with E-state index in [1.165, 1.54) is 18.5 Å². The minimum atomic E-state index is 0.446. The van der Waals surface area contributed by atoms with Crippen LogP contribution in [-0.2, 0) is 19.7 Å². The minimum Gasteiger partial charge on any atom is -0.108 e. The Bertz CT molecular complexity index is 79.1. The SMILES string of the molecule is C=CC[S][Au].CCP(CC)CC. The molecule has 0 nitrogen and oxygen atoms in total. The van der Waals surface area contributed by atoms with Crippen molar-refractivity contribution in [2.75, 3.05) is 24.2 Å². The Hall–Kier alpha value is 1.26. The van der Waals surface area contributed by atoms with E-state index >= 15 is 0 Å². The molecule has 0 spiro atoms. The predicted octanol–water partition coefficient (Wildman–Crippen LogP) is 3.90. The molecule has 0 aromatic heterocycles. The van der Waals surface area contributed by atoms with Gasteiger partial charge in [0.15, 0.2) is 0 Å². The summed E-state index contributed by atoms with van der Waals surface area (Å²) in [5.41, 5.74) is 0. The van der Waals surface area contributed by atoms with Crippen LogP contribution in [-0.4, -0.2) is 24.2 Å². The van der Waals surface area contributed by atoms with E-state index in [1.54, 1.807) is 9.23 Å². The molecule has 0 saturated carbocycles. The van der Waals surface area contributed by atoms with Gasteiger partial charge in [-0.2, -0.15) is 0 Å². The van der Waals surface area contributed by atoms with Gasteiger partial charge in [-0.3, -0.25) is 0 Å². The quantitative estimate of drug-likeness (QED) is 0.391. The number of rotatable bonds is 5. The first-order valence-corrected chi connectivity index (χ1v) is 9.67. The van der Waals surface area contributed by atoms with E-state index in [1.807, 2.05) is 6.08 Å². The Morgan fingerprint density at radius 3 is 1.67 bits per heavy atom. The molecule has 0 N–H and O–H groups in total. The zero-order valence-corrected chi connectivity index (χ0v) is 12.1. The maximum atomic E-state index is 3.52. The summed E-state index contributed by atoms with van der Waals surface area (Å²) in [4.78, 5) is 0. The molecule has 0 amide bonds. The third kappa shape index (κ3) is 13.8. The van der Waals surface area contributed by atoms with Gasteiger partial charge in [0.25, 0.3) is 0 Å². The molecule has 0 unspecified atom stereocenters. The van der Waals surface area contributed by atoms with Crippen LogP contribution >= 0.6 is 17.1 Å². The molecule has 0 aromatic carbocycles. The van der Waals surface area contributed by atoms with Crippen molar-refractivity contribution in [1.82, 2.24) is 0 Å². The maximum absolute atomic E-state index is 3.52. The Balaban J connectivity index is 0. The Morgan fingerprint density at radius 1 is 1.25 bits per heavy atom. The van der Waals surface area contributed by atoms with Crippen molar-refractivity contribution in [3.05, 3.63) is 12.7 Å². The van der Waals surface area contributed by atoms with Crippen LogP contribution in [0.2, 0.25) is 0 Å². The van der Waals surface area contributed by atoms with Crippen LogP contribution < -0.4 is 0 Å². The molecule has 0 aliphatic carbocycles. The van der Waals surface area contributed by atoms with Crippen LogP contribution in [0.3, 0.4) is 0 Å². The first kappa shape index (κ1) is 15.7. The van der Waals surface area contributed by atoms with Gasteiger partial charge in [0.1, 0.15) is 0 Å². The normalized spacial score (nSPS) is 9.17. The molecule has 3 heteroatoms. The van der Waals surface area contributed by atoms with Gasteiger partial charge in [-0.05, 0) is 18.5 Å². The van der Waals surface area contributed by atoms with Gasteiger partial charge in [-0.25, -0.2) is 0 Å². The fourth-order valence-corrected chi connectivity index (χ4v) is 2.89. The van der Waals surface area contributed by atoms with Crippen molar-refractivity contribution in [3.8, 4) is 0 Å². The largest absolute Gasteiger partial charge is 0.108 e. The minimum absolute atomic E-state index is 0.446. The molecule has 0 atom stereocenters. The summed E-state index contributed by atoms with van der Waals surface area (Å²) in [7, 11) is 2.17. The van der Waals surface area contributed by atoms with Gasteiger partial charge in [-0.15, -0.1) is 7.92 Å². The fourth-order valence-electron chi connectivity index (χ4n) is 0.706.